The summed E-state index contributed by atoms with van der Waals surface area (Å²) >= 11 is 0. The Hall–Kier alpha value is -1.70. The molecule has 0 aliphatic carbocycles. The zero-order valence-corrected chi connectivity index (χ0v) is 13.7. The molecular formula is C16H26N4O3. The smallest absolute Gasteiger partial charge is 0.246 e. The van der Waals surface area contributed by atoms with Crippen molar-refractivity contribution in [1.82, 2.24) is 15.2 Å². The second kappa shape index (κ2) is 9.44. The average Bonchev–Trinajstić information content (AvgIpc) is 2.98. The van der Waals surface area contributed by atoms with Crippen LogP contribution >= 0.6 is 0 Å². The molecule has 1 fully saturated rings. The van der Waals surface area contributed by atoms with Gasteiger partial charge in [-0.15, -0.1) is 0 Å². The molecule has 1 atom stereocenters. The highest BCUT2D eigenvalue weighted by atomic mass is 16.5. The quantitative estimate of drug-likeness (QED) is 0.636. The number of nitrogens with two attached hydrogens (primary N) is 1. The van der Waals surface area contributed by atoms with E-state index in [1.807, 2.05) is 12.3 Å². The molecule has 0 bridgehead atoms. The number of nitrogens with zero attached hydrogens (tertiary/aromatic N) is 2. The summed E-state index contributed by atoms with van der Waals surface area (Å²) in [6, 6.07) is 2.46. The number of carbonyl (C=O) groups is 1. The molecule has 2 rings (SSSR count). The third-order valence-electron chi connectivity index (χ3n) is 3.83. The Labute approximate surface area is 137 Å². The fourth-order valence-electron chi connectivity index (χ4n) is 2.69. The molecular weight excluding hydrogens is 296 g/mol. The van der Waals surface area contributed by atoms with Crippen LogP contribution in [0.2, 0.25) is 0 Å². The van der Waals surface area contributed by atoms with Gasteiger partial charge in [0.1, 0.15) is 19.0 Å². The fourth-order valence-corrected chi connectivity index (χ4v) is 2.69. The van der Waals surface area contributed by atoms with Gasteiger partial charge in [-0.05, 0) is 38.1 Å². The lowest BCUT2D eigenvalue weighted by molar-refractivity contribution is -0.125. The normalized spacial score (nSPS) is 18.1. The van der Waals surface area contributed by atoms with E-state index in [2.05, 4.69) is 22.2 Å². The van der Waals surface area contributed by atoms with Gasteiger partial charge in [0.05, 0.1) is 19.3 Å². The average molecular weight is 322 g/mol. The summed E-state index contributed by atoms with van der Waals surface area (Å²) in [6.45, 7) is 2.77. The minimum absolute atomic E-state index is 0.0300. The van der Waals surface area contributed by atoms with Gasteiger partial charge in [-0.25, -0.2) is 0 Å². The number of carbonyl (C=O) groups excluding carboxylic acids is 1. The number of rotatable bonds is 9. The Bertz CT molecular complexity index is 498. The maximum Gasteiger partial charge on any atom is 0.246 e. The van der Waals surface area contributed by atoms with Crippen LogP contribution in [-0.4, -0.2) is 62.3 Å². The third-order valence-corrected chi connectivity index (χ3v) is 3.83. The number of amides is 1. The van der Waals surface area contributed by atoms with Crippen LogP contribution in [0.1, 0.15) is 24.4 Å². The predicted molar refractivity (Wildman–Crippen MR) is 87.2 cm³/mol. The molecule has 1 aromatic rings. The Morgan fingerprint density at radius 3 is 3.09 bits per heavy atom. The summed E-state index contributed by atoms with van der Waals surface area (Å²) in [5.41, 5.74) is 6.46. The fraction of sp³-hybridized carbons (Fsp3) is 0.625. The number of hydrogen-bond donors (Lipinski definition) is 2. The van der Waals surface area contributed by atoms with Crippen LogP contribution in [0.25, 0.3) is 0 Å². The van der Waals surface area contributed by atoms with Gasteiger partial charge in [0.15, 0.2) is 0 Å². The molecule has 7 nitrogen and oxygen atoms in total. The first-order valence-electron chi connectivity index (χ1n) is 8.03. The Morgan fingerprint density at radius 1 is 1.48 bits per heavy atom. The second-order valence-corrected chi connectivity index (χ2v) is 5.63. The van der Waals surface area contributed by atoms with Crippen LogP contribution in [0.5, 0.6) is 5.75 Å². The summed E-state index contributed by atoms with van der Waals surface area (Å²) < 4.78 is 10.7. The molecule has 0 unspecified atom stereocenters. The highest BCUT2D eigenvalue weighted by Crippen LogP contribution is 2.31. The first-order valence-corrected chi connectivity index (χ1v) is 8.03. The molecule has 0 saturated carbocycles. The molecule has 1 saturated heterocycles. The van der Waals surface area contributed by atoms with Crippen molar-refractivity contribution in [1.29, 1.82) is 0 Å². The number of hydrogen-bond acceptors (Lipinski definition) is 6. The van der Waals surface area contributed by atoms with Gasteiger partial charge in [-0.2, -0.15) is 0 Å². The predicted octanol–water partition coefficient (Wildman–Crippen LogP) is 0.319. The van der Waals surface area contributed by atoms with E-state index in [0.29, 0.717) is 32.3 Å². The zero-order chi connectivity index (χ0) is 16.5. The van der Waals surface area contributed by atoms with Crippen molar-refractivity contribution in [2.24, 2.45) is 5.73 Å². The summed E-state index contributed by atoms with van der Waals surface area (Å²) in [7, 11) is 2.13. The van der Waals surface area contributed by atoms with Crippen LogP contribution in [0.4, 0.5) is 0 Å². The van der Waals surface area contributed by atoms with E-state index >= 15 is 0 Å². The third kappa shape index (κ3) is 5.78. The number of aromatic nitrogens is 1. The molecule has 7 heteroatoms. The molecule has 1 amide bonds. The molecule has 3 N–H and O–H groups in total. The maximum atomic E-state index is 11.4. The van der Waals surface area contributed by atoms with Gasteiger partial charge in [-0.1, -0.05) is 0 Å². The van der Waals surface area contributed by atoms with Gasteiger partial charge in [0.2, 0.25) is 5.91 Å². The SMILES string of the molecule is CN1CCC[C@H]1c1cncc(OCCNC(=O)COCCN)c1. The van der Waals surface area contributed by atoms with Crippen molar-refractivity contribution in [3.05, 3.63) is 24.0 Å². The lowest BCUT2D eigenvalue weighted by Gasteiger charge is -2.19. The van der Waals surface area contributed by atoms with Gasteiger partial charge >= 0.3 is 0 Å². The molecule has 23 heavy (non-hydrogen) atoms. The minimum atomic E-state index is -0.165. The Morgan fingerprint density at radius 2 is 2.35 bits per heavy atom. The van der Waals surface area contributed by atoms with E-state index in [1.54, 1.807) is 6.20 Å². The zero-order valence-electron chi connectivity index (χ0n) is 13.7. The molecule has 2 heterocycles. The maximum absolute atomic E-state index is 11.4. The topological polar surface area (TPSA) is 89.7 Å². The number of pyridine rings is 1. The number of nitrogens with one attached hydrogen (secondary N) is 1. The van der Waals surface area contributed by atoms with Gasteiger partial charge < -0.3 is 20.5 Å². The highest BCUT2D eigenvalue weighted by molar-refractivity contribution is 5.77. The molecule has 0 spiro atoms. The molecule has 0 aromatic carbocycles. The largest absolute Gasteiger partial charge is 0.490 e. The van der Waals surface area contributed by atoms with Crippen molar-refractivity contribution in [3.63, 3.8) is 0 Å². The van der Waals surface area contributed by atoms with Crippen LogP contribution in [-0.2, 0) is 9.53 Å². The number of ether oxygens (including phenoxy) is 2. The molecule has 1 aliphatic rings. The van der Waals surface area contributed by atoms with Crippen LogP contribution in [0.15, 0.2) is 18.5 Å². The molecule has 1 aromatic heterocycles. The van der Waals surface area contributed by atoms with Crippen LogP contribution in [0.3, 0.4) is 0 Å². The first-order chi connectivity index (χ1) is 11.2. The van der Waals surface area contributed by atoms with Crippen LogP contribution in [0, 0.1) is 0 Å². The lowest BCUT2D eigenvalue weighted by Crippen LogP contribution is -2.31. The lowest BCUT2D eigenvalue weighted by atomic mass is 10.1. The summed E-state index contributed by atoms with van der Waals surface area (Å²) in [4.78, 5) is 18.0. The van der Waals surface area contributed by atoms with E-state index in [0.717, 1.165) is 18.7 Å². The molecule has 0 radical (unpaired) electrons. The summed E-state index contributed by atoms with van der Waals surface area (Å²) in [6.07, 6.45) is 5.96. The van der Waals surface area contributed by atoms with E-state index in [4.69, 9.17) is 15.2 Å². The van der Waals surface area contributed by atoms with E-state index in [-0.39, 0.29) is 12.5 Å². The second-order valence-electron chi connectivity index (χ2n) is 5.63. The Kier molecular flexibility index (Phi) is 7.25. The summed E-state index contributed by atoms with van der Waals surface area (Å²) in [5.74, 6) is 0.568. The molecule has 1 aliphatic heterocycles. The van der Waals surface area contributed by atoms with E-state index in [1.165, 1.54) is 12.0 Å². The summed E-state index contributed by atoms with van der Waals surface area (Å²) in [5, 5.41) is 2.73. The van der Waals surface area contributed by atoms with Gasteiger partial charge in [0.25, 0.3) is 0 Å². The number of likely N-dealkylation sites (tertiary alicyclic amines) is 1. The first kappa shape index (κ1) is 17.7. The standard InChI is InChI=1S/C16H26N4O3/c1-20-6-2-3-15(20)13-9-14(11-18-10-13)23-8-5-19-16(21)12-22-7-4-17/h9-11,15H,2-8,12,17H2,1H3,(H,19,21)/t15-/m0/s1. The highest BCUT2D eigenvalue weighted by Gasteiger charge is 2.22. The molecule has 128 valence electrons. The Balaban J connectivity index is 1.70. The van der Waals surface area contributed by atoms with Crippen molar-refractivity contribution >= 4 is 5.91 Å². The van der Waals surface area contributed by atoms with Crippen LogP contribution < -0.4 is 15.8 Å². The van der Waals surface area contributed by atoms with Gasteiger partial charge in [-0.3, -0.25) is 14.7 Å². The minimum Gasteiger partial charge on any atom is -0.490 e. The van der Waals surface area contributed by atoms with Gasteiger partial charge in [0, 0.05) is 18.8 Å². The van der Waals surface area contributed by atoms with Crippen molar-refractivity contribution in [2.45, 2.75) is 18.9 Å². The van der Waals surface area contributed by atoms with Crippen molar-refractivity contribution in [3.8, 4) is 5.75 Å². The van der Waals surface area contributed by atoms with Crippen molar-refractivity contribution < 1.29 is 14.3 Å². The van der Waals surface area contributed by atoms with Crippen molar-refractivity contribution in [2.75, 3.05) is 46.5 Å². The monoisotopic (exact) mass is 322 g/mol. The van der Waals surface area contributed by atoms with E-state index < -0.39 is 0 Å². The van der Waals surface area contributed by atoms with E-state index in [9.17, 15) is 4.79 Å².